The first kappa shape index (κ1) is 19.6. The fourth-order valence-corrected chi connectivity index (χ4v) is 4.23. The summed E-state index contributed by atoms with van der Waals surface area (Å²) in [6.45, 7) is 2.83. The van der Waals surface area contributed by atoms with Gasteiger partial charge in [0.2, 0.25) is 0 Å². The van der Waals surface area contributed by atoms with E-state index >= 15 is 0 Å². The number of H-pyrrole nitrogens is 1. The van der Waals surface area contributed by atoms with Crippen molar-refractivity contribution in [3.8, 4) is 5.75 Å². The quantitative estimate of drug-likeness (QED) is 0.583. The predicted octanol–water partition coefficient (Wildman–Crippen LogP) is 4.84. The molecule has 0 amide bonds. The first-order valence-electron chi connectivity index (χ1n) is 10.3. The van der Waals surface area contributed by atoms with Crippen LogP contribution in [-0.2, 0) is 6.42 Å². The van der Waals surface area contributed by atoms with Crippen LogP contribution in [-0.4, -0.2) is 42.4 Å². The smallest absolute Gasteiger partial charge is 0.166 e. The zero-order valence-corrected chi connectivity index (χ0v) is 16.8. The summed E-state index contributed by atoms with van der Waals surface area (Å²) in [5.74, 6) is 1.41. The minimum absolute atomic E-state index is 0.176. The number of halogens is 1. The molecule has 3 aromatic rings. The summed E-state index contributed by atoms with van der Waals surface area (Å²) in [6.07, 6.45) is 5.59. The number of ketones is 1. The third-order valence-electron chi connectivity index (χ3n) is 5.99. The lowest BCUT2D eigenvalue weighted by Gasteiger charge is -2.31. The molecular formula is C24H27FN2O2. The van der Waals surface area contributed by atoms with Gasteiger partial charge in [0, 0.05) is 41.7 Å². The molecule has 0 aliphatic carbocycles. The van der Waals surface area contributed by atoms with Gasteiger partial charge in [-0.2, -0.15) is 0 Å². The number of nitrogens with zero attached hydrogens (tertiary/aromatic N) is 1. The molecule has 0 saturated carbocycles. The first-order valence-corrected chi connectivity index (χ1v) is 10.3. The molecule has 2 aromatic carbocycles. The van der Waals surface area contributed by atoms with Crippen LogP contribution in [0.3, 0.4) is 0 Å². The highest BCUT2D eigenvalue weighted by Gasteiger charge is 2.21. The van der Waals surface area contributed by atoms with Gasteiger partial charge in [-0.3, -0.25) is 4.79 Å². The monoisotopic (exact) mass is 394 g/mol. The Morgan fingerprint density at radius 1 is 1.17 bits per heavy atom. The maximum atomic E-state index is 13.0. The molecule has 1 fully saturated rings. The first-order chi connectivity index (χ1) is 14.1. The van der Waals surface area contributed by atoms with Crippen molar-refractivity contribution in [2.75, 3.05) is 26.7 Å². The molecule has 4 rings (SSSR count). The van der Waals surface area contributed by atoms with E-state index in [0.717, 1.165) is 61.1 Å². The van der Waals surface area contributed by atoms with E-state index in [4.69, 9.17) is 4.74 Å². The van der Waals surface area contributed by atoms with E-state index in [1.807, 2.05) is 30.3 Å². The van der Waals surface area contributed by atoms with Crippen molar-refractivity contribution in [1.82, 2.24) is 9.88 Å². The summed E-state index contributed by atoms with van der Waals surface area (Å²) >= 11 is 0. The normalized spacial score (nSPS) is 15.7. The number of methoxy groups -OCH3 is 1. The number of aromatic nitrogens is 1. The van der Waals surface area contributed by atoms with Gasteiger partial charge in [-0.15, -0.1) is 0 Å². The molecule has 2 heterocycles. The van der Waals surface area contributed by atoms with Crippen LogP contribution < -0.4 is 4.74 Å². The van der Waals surface area contributed by atoms with Crippen LogP contribution >= 0.6 is 0 Å². The van der Waals surface area contributed by atoms with E-state index in [2.05, 4.69) is 9.88 Å². The number of likely N-dealkylation sites (tertiary alicyclic amines) is 1. The molecule has 1 aromatic heterocycles. The van der Waals surface area contributed by atoms with E-state index in [1.54, 1.807) is 13.3 Å². The second kappa shape index (κ2) is 8.78. The van der Waals surface area contributed by atoms with Gasteiger partial charge in [0.1, 0.15) is 11.6 Å². The van der Waals surface area contributed by atoms with Crippen LogP contribution in [0, 0.1) is 11.7 Å². The highest BCUT2D eigenvalue weighted by atomic mass is 19.1. The topological polar surface area (TPSA) is 45.3 Å². The molecule has 1 aliphatic heterocycles. The predicted molar refractivity (Wildman–Crippen MR) is 113 cm³/mol. The van der Waals surface area contributed by atoms with Crippen molar-refractivity contribution in [2.24, 2.45) is 5.92 Å². The maximum Gasteiger partial charge on any atom is 0.166 e. The van der Waals surface area contributed by atoms with Crippen LogP contribution in [0.25, 0.3) is 10.9 Å². The molecular weight excluding hydrogens is 367 g/mol. The third kappa shape index (κ3) is 4.67. The molecule has 1 aliphatic rings. The van der Waals surface area contributed by atoms with Gasteiger partial charge in [0.15, 0.2) is 5.78 Å². The summed E-state index contributed by atoms with van der Waals surface area (Å²) in [5, 5.41) is 0.953. The number of rotatable bonds is 7. The van der Waals surface area contributed by atoms with Crippen molar-refractivity contribution in [3.63, 3.8) is 0 Å². The van der Waals surface area contributed by atoms with Crippen molar-refractivity contribution in [3.05, 3.63) is 65.6 Å². The molecule has 0 spiro atoms. The Labute approximate surface area is 170 Å². The van der Waals surface area contributed by atoms with Crippen LogP contribution in [0.2, 0.25) is 0 Å². The standard InChI is InChI=1S/C24H27FN2O2/c1-29-20-6-7-21-22(16-26-23(21)15-20)24(28)10-13-27-11-8-18(9-12-27)14-17-2-4-19(25)5-3-17/h2-7,15-16,18,26H,8-14H2,1H3. The number of ether oxygens (including phenoxy) is 1. The van der Waals surface area contributed by atoms with Crippen LogP contribution in [0.1, 0.15) is 35.2 Å². The number of carbonyl (C=O) groups excluding carboxylic acids is 1. The third-order valence-corrected chi connectivity index (χ3v) is 5.99. The Bertz CT molecular complexity index is 972. The minimum Gasteiger partial charge on any atom is -0.497 e. The number of benzene rings is 2. The van der Waals surface area contributed by atoms with E-state index < -0.39 is 0 Å². The number of nitrogens with one attached hydrogen (secondary N) is 1. The van der Waals surface area contributed by atoms with Crippen LogP contribution in [0.15, 0.2) is 48.7 Å². The van der Waals surface area contributed by atoms with E-state index in [0.29, 0.717) is 12.3 Å². The lowest BCUT2D eigenvalue weighted by molar-refractivity contribution is 0.0952. The van der Waals surface area contributed by atoms with Gasteiger partial charge in [0.05, 0.1) is 7.11 Å². The molecule has 0 unspecified atom stereocenters. The Kier molecular flexibility index (Phi) is 5.95. The molecule has 0 radical (unpaired) electrons. The second-order valence-corrected chi connectivity index (χ2v) is 7.90. The van der Waals surface area contributed by atoms with Gasteiger partial charge in [-0.25, -0.2) is 4.39 Å². The molecule has 1 saturated heterocycles. The van der Waals surface area contributed by atoms with Gasteiger partial charge < -0.3 is 14.6 Å². The lowest BCUT2D eigenvalue weighted by atomic mass is 9.90. The molecule has 1 N–H and O–H groups in total. The van der Waals surface area contributed by atoms with Crippen molar-refractivity contribution >= 4 is 16.7 Å². The second-order valence-electron chi connectivity index (χ2n) is 7.90. The zero-order chi connectivity index (χ0) is 20.2. The van der Waals surface area contributed by atoms with E-state index in [9.17, 15) is 9.18 Å². The number of piperidine rings is 1. The minimum atomic E-state index is -0.178. The van der Waals surface area contributed by atoms with Crippen LogP contribution in [0.4, 0.5) is 4.39 Å². The van der Waals surface area contributed by atoms with Gasteiger partial charge in [0.25, 0.3) is 0 Å². The molecule has 5 heteroatoms. The molecule has 0 atom stereocenters. The van der Waals surface area contributed by atoms with Gasteiger partial charge in [-0.05, 0) is 68.1 Å². The number of hydrogen-bond acceptors (Lipinski definition) is 3. The summed E-state index contributed by atoms with van der Waals surface area (Å²) in [4.78, 5) is 18.3. The Balaban J connectivity index is 1.27. The van der Waals surface area contributed by atoms with Crippen molar-refractivity contribution in [1.29, 1.82) is 0 Å². The molecule has 4 nitrogen and oxygen atoms in total. The Hall–Kier alpha value is -2.66. The van der Waals surface area contributed by atoms with E-state index in [1.165, 1.54) is 17.7 Å². The fourth-order valence-electron chi connectivity index (χ4n) is 4.23. The molecule has 29 heavy (non-hydrogen) atoms. The average Bonchev–Trinajstić information content (AvgIpc) is 3.18. The number of aromatic amines is 1. The molecule has 152 valence electrons. The largest absolute Gasteiger partial charge is 0.497 e. The zero-order valence-electron chi connectivity index (χ0n) is 16.8. The number of Topliss-reactive ketones (excluding diaryl/α,β-unsaturated/α-hetero) is 1. The summed E-state index contributed by atoms with van der Waals surface area (Å²) in [6, 6.07) is 12.6. The fraction of sp³-hybridized carbons (Fsp3) is 0.375. The summed E-state index contributed by atoms with van der Waals surface area (Å²) in [7, 11) is 1.64. The maximum absolute atomic E-state index is 13.0. The summed E-state index contributed by atoms with van der Waals surface area (Å²) < 4.78 is 18.3. The number of hydrogen-bond donors (Lipinski definition) is 1. The van der Waals surface area contributed by atoms with Crippen molar-refractivity contribution < 1.29 is 13.9 Å². The lowest BCUT2D eigenvalue weighted by Crippen LogP contribution is -2.35. The average molecular weight is 394 g/mol. The summed E-state index contributed by atoms with van der Waals surface area (Å²) in [5.41, 5.74) is 2.89. The van der Waals surface area contributed by atoms with Gasteiger partial charge >= 0.3 is 0 Å². The Morgan fingerprint density at radius 2 is 1.93 bits per heavy atom. The SMILES string of the molecule is COc1ccc2c(C(=O)CCN3CCC(Cc4ccc(F)cc4)CC3)c[nH]c2c1. The van der Waals surface area contributed by atoms with Crippen molar-refractivity contribution in [2.45, 2.75) is 25.7 Å². The van der Waals surface area contributed by atoms with Crippen LogP contribution in [0.5, 0.6) is 5.75 Å². The highest BCUT2D eigenvalue weighted by molar-refractivity contribution is 6.08. The Morgan fingerprint density at radius 3 is 2.66 bits per heavy atom. The number of fused-ring (bicyclic) bond motifs is 1. The number of carbonyl (C=O) groups is 1. The van der Waals surface area contributed by atoms with E-state index in [-0.39, 0.29) is 11.6 Å². The molecule has 0 bridgehead atoms. The van der Waals surface area contributed by atoms with Gasteiger partial charge in [-0.1, -0.05) is 12.1 Å². The highest BCUT2D eigenvalue weighted by Crippen LogP contribution is 2.25.